The third-order valence-electron chi connectivity index (χ3n) is 4.77. The Hall–Kier alpha value is -2.46. The molecule has 0 radical (unpaired) electrons. The Bertz CT molecular complexity index is 778. The van der Waals surface area contributed by atoms with Crippen LogP contribution in [0.15, 0.2) is 53.5 Å². The molecule has 2 aromatic rings. The Kier molecular flexibility index (Phi) is 11.8. The molecular weight excluding hydrogens is 358 g/mol. The minimum Gasteiger partial charge on any atom is -0.324 e. The van der Waals surface area contributed by atoms with Crippen LogP contribution in [0.25, 0.3) is 0 Å². The van der Waals surface area contributed by atoms with Crippen LogP contribution in [0.4, 0.5) is 11.4 Å². The lowest BCUT2D eigenvalue weighted by atomic mass is 9.82. The SMILES string of the molecule is CC.CC(=O)C(C)C.CC1=Nc2ccc(C)cc2C1(C)C.NNc1ccccc1. The number of hydrogen-bond donors (Lipinski definition) is 2. The Morgan fingerprint density at radius 1 is 1.03 bits per heavy atom. The van der Waals surface area contributed by atoms with Crippen LogP contribution in [0.3, 0.4) is 0 Å². The predicted octanol–water partition coefficient (Wildman–Crippen LogP) is 6.61. The molecule has 1 heterocycles. The fraction of sp³-hybridized carbons (Fsp3) is 0.440. The highest BCUT2D eigenvalue weighted by Gasteiger charge is 2.31. The number of rotatable bonds is 2. The van der Waals surface area contributed by atoms with Gasteiger partial charge in [0.25, 0.3) is 0 Å². The van der Waals surface area contributed by atoms with Gasteiger partial charge in [-0.1, -0.05) is 77.4 Å². The quantitative estimate of drug-likeness (QED) is 0.442. The third-order valence-corrected chi connectivity index (χ3v) is 4.77. The number of nitrogens with zero attached hydrogens (tertiary/aromatic N) is 1. The molecule has 0 fully saturated rings. The molecular formula is C25H39N3O. The number of aliphatic imine (C=N–C) groups is 1. The molecule has 1 aliphatic heterocycles. The molecule has 0 amide bonds. The molecule has 4 nitrogen and oxygen atoms in total. The van der Waals surface area contributed by atoms with E-state index in [1.807, 2.05) is 58.0 Å². The summed E-state index contributed by atoms with van der Waals surface area (Å²) >= 11 is 0. The maximum Gasteiger partial charge on any atom is 0.132 e. The first-order valence-electron chi connectivity index (χ1n) is 10.3. The summed E-state index contributed by atoms with van der Waals surface area (Å²) in [5.74, 6) is 5.57. The molecule has 2 aromatic carbocycles. The molecule has 0 saturated carbocycles. The Labute approximate surface area is 177 Å². The van der Waals surface area contributed by atoms with Gasteiger partial charge < -0.3 is 5.43 Å². The molecule has 3 N–H and O–H groups in total. The summed E-state index contributed by atoms with van der Waals surface area (Å²) in [6.45, 7) is 18.1. The van der Waals surface area contributed by atoms with Gasteiger partial charge in [-0.25, -0.2) is 0 Å². The summed E-state index contributed by atoms with van der Waals surface area (Å²) in [6, 6.07) is 16.1. The number of hydrogen-bond acceptors (Lipinski definition) is 4. The second-order valence-corrected chi connectivity index (χ2v) is 7.62. The number of fused-ring (bicyclic) bond motifs is 1. The Morgan fingerprint density at radius 3 is 1.97 bits per heavy atom. The van der Waals surface area contributed by atoms with Gasteiger partial charge in [0.2, 0.25) is 0 Å². The molecule has 0 aromatic heterocycles. The number of Topliss-reactive ketones (excluding diaryl/α,β-unsaturated/α-hetero) is 1. The van der Waals surface area contributed by atoms with Gasteiger partial charge >= 0.3 is 0 Å². The first-order chi connectivity index (χ1) is 13.6. The molecule has 160 valence electrons. The normalized spacial score (nSPS) is 12.7. The number of benzene rings is 2. The van der Waals surface area contributed by atoms with Gasteiger partial charge in [0.15, 0.2) is 0 Å². The van der Waals surface area contributed by atoms with E-state index < -0.39 is 0 Å². The number of para-hydroxylation sites is 1. The van der Waals surface area contributed by atoms with E-state index in [4.69, 9.17) is 5.84 Å². The summed E-state index contributed by atoms with van der Waals surface area (Å²) in [5, 5.41) is 0. The molecule has 0 saturated heterocycles. The van der Waals surface area contributed by atoms with Crippen molar-refractivity contribution >= 4 is 22.9 Å². The smallest absolute Gasteiger partial charge is 0.132 e. The Morgan fingerprint density at radius 2 is 1.55 bits per heavy atom. The van der Waals surface area contributed by atoms with E-state index in [9.17, 15) is 4.79 Å². The van der Waals surface area contributed by atoms with Crippen LogP contribution in [0.5, 0.6) is 0 Å². The largest absolute Gasteiger partial charge is 0.324 e. The van der Waals surface area contributed by atoms with Crippen LogP contribution in [-0.2, 0) is 10.2 Å². The summed E-state index contributed by atoms with van der Waals surface area (Å²) in [6.07, 6.45) is 0. The van der Waals surface area contributed by atoms with Crippen LogP contribution in [0.2, 0.25) is 0 Å². The number of carbonyl (C=O) groups excluding carboxylic acids is 1. The lowest BCUT2D eigenvalue weighted by Crippen LogP contribution is -2.22. The highest BCUT2D eigenvalue weighted by molar-refractivity contribution is 5.99. The van der Waals surface area contributed by atoms with Gasteiger partial charge in [-0.15, -0.1) is 0 Å². The number of nitrogens with one attached hydrogen (secondary N) is 1. The molecule has 0 bridgehead atoms. The first-order valence-corrected chi connectivity index (χ1v) is 10.3. The van der Waals surface area contributed by atoms with E-state index in [2.05, 4.69) is 56.3 Å². The van der Waals surface area contributed by atoms with Crippen molar-refractivity contribution in [1.29, 1.82) is 0 Å². The van der Waals surface area contributed by atoms with E-state index in [1.54, 1.807) is 6.92 Å². The minimum absolute atomic E-state index is 0.126. The van der Waals surface area contributed by atoms with Gasteiger partial charge in [-0.3, -0.25) is 15.6 Å². The zero-order valence-electron chi connectivity index (χ0n) is 19.6. The number of nitrogen functional groups attached to an aromatic ring is 1. The number of aryl methyl sites for hydroxylation is 1. The zero-order valence-corrected chi connectivity index (χ0v) is 19.6. The van der Waals surface area contributed by atoms with Crippen LogP contribution >= 0.6 is 0 Å². The van der Waals surface area contributed by atoms with Crippen molar-refractivity contribution < 1.29 is 4.79 Å². The fourth-order valence-electron chi connectivity index (χ4n) is 2.30. The average Bonchev–Trinajstić information content (AvgIpc) is 2.94. The van der Waals surface area contributed by atoms with Crippen molar-refractivity contribution in [3.63, 3.8) is 0 Å². The number of nitrogens with two attached hydrogens (primary N) is 1. The van der Waals surface area contributed by atoms with Crippen molar-refractivity contribution in [2.75, 3.05) is 5.43 Å². The second-order valence-electron chi connectivity index (χ2n) is 7.62. The molecule has 0 aliphatic carbocycles. The number of carbonyl (C=O) groups is 1. The van der Waals surface area contributed by atoms with Crippen molar-refractivity contribution in [3.05, 3.63) is 59.7 Å². The van der Waals surface area contributed by atoms with Crippen molar-refractivity contribution in [2.45, 2.75) is 67.7 Å². The van der Waals surface area contributed by atoms with Crippen molar-refractivity contribution in [1.82, 2.24) is 0 Å². The summed E-state index contributed by atoms with van der Waals surface area (Å²) in [7, 11) is 0. The number of hydrazine groups is 1. The minimum atomic E-state index is 0.126. The van der Waals surface area contributed by atoms with E-state index in [1.165, 1.54) is 16.8 Å². The topological polar surface area (TPSA) is 67.5 Å². The zero-order chi connectivity index (χ0) is 22.6. The highest BCUT2D eigenvalue weighted by Crippen LogP contribution is 2.39. The average molecular weight is 398 g/mol. The molecule has 4 heteroatoms. The molecule has 0 unspecified atom stereocenters. The van der Waals surface area contributed by atoms with Crippen molar-refractivity contribution in [3.8, 4) is 0 Å². The summed E-state index contributed by atoms with van der Waals surface area (Å²) < 4.78 is 0. The number of anilines is 1. The molecule has 0 spiro atoms. The van der Waals surface area contributed by atoms with Gasteiger partial charge in [0.1, 0.15) is 5.78 Å². The maximum absolute atomic E-state index is 10.1. The first kappa shape index (κ1) is 26.5. The lowest BCUT2D eigenvalue weighted by Gasteiger charge is -2.20. The standard InChI is InChI=1S/C12H15N.C6H8N2.C5H10O.C2H6/c1-8-5-6-11-10(7-8)12(3,4)9(2)13-11;7-8-6-4-2-1-3-5-6;1-4(2)5(3)6;1-2/h5-7H,1-4H3;1-5,8H,7H2;4H,1-3H3;1-2H3. The number of ketones is 1. The van der Waals surface area contributed by atoms with Crippen LogP contribution < -0.4 is 11.3 Å². The highest BCUT2D eigenvalue weighted by atomic mass is 16.1. The third kappa shape index (κ3) is 8.61. The summed E-state index contributed by atoms with van der Waals surface area (Å²) in [5.41, 5.74) is 8.64. The fourth-order valence-corrected chi connectivity index (χ4v) is 2.30. The maximum atomic E-state index is 10.1. The lowest BCUT2D eigenvalue weighted by molar-refractivity contribution is -0.119. The van der Waals surface area contributed by atoms with Gasteiger partial charge in [-0.2, -0.15) is 0 Å². The van der Waals surface area contributed by atoms with E-state index in [-0.39, 0.29) is 17.1 Å². The molecule has 0 atom stereocenters. The molecule has 1 aliphatic rings. The molecule has 29 heavy (non-hydrogen) atoms. The van der Waals surface area contributed by atoms with Crippen LogP contribution in [-0.4, -0.2) is 11.5 Å². The van der Waals surface area contributed by atoms with Crippen LogP contribution in [0, 0.1) is 12.8 Å². The van der Waals surface area contributed by atoms with Gasteiger partial charge in [0.05, 0.1) is 5.69 Å². The Balaban J connectivity index is 0.000000423. The van der Waals surface area contributed by atoms with E-state index >= 15 is 0 Å². The van der Waals surface area contributed by atoms with Gasteiger partial charge in [-0.05, 0) is 44.5 Å². The molecule has 3 rings (SSSR count). The predicted molar refractivity (Wildman–Crippen MR) is 128 cm³/mol. The monoisotopic (exact) mass is 397 g/mol. The second kappa shape index (κ2) is 12.9. The summed E-state index contributed by atoms with van der Waals surface area (Å²) in [4.78, 5) is 14.7. The van der Waals surface area contributed by atoms with Crippen molar-refractivity contribution in [2.24, 2.45) is 16.8 Å². The van der Waals surface area contributed by atoms with Gasteiger partial charge in [0, 0.05) is 22.7 Å². The van der Waals surface area contributed by atoms with E-state index in [0.29, 0.717) is 0 Å². The van der Waals surface area contributed by atoms with E-state index in [0.717, 1.165) is 11.4 Å². The van der Waals surface area contributed by atoms with Crippen LogP contribution in [0.1, 0.15) is 66.5 Å².